The number of carbonyl (C=O) groups excluding carboxylic acids is 1. The zero-order valence-corrected chi connectivity index (χ0v) is 11.3. The second-order valence-corrected chi connectivity index (χ2v) is 4.75. The van der Waals surface area contributed by atoms with Crippen LogP contribution in [0.3, 0.4) is 0 Å². The third-order valence-corrected chi connectivity index (χ3v) is 3.73. The molecular formula is C14H14O3S. The summed E-state index contributed by atoms with van der Waals surface area (Å²) in [6.07, 6.45) is 0. The second-order valence-electron chi connectivity index (χ2n) is 3.83. The van der Waals surface area contributed by atoms with E-state index < -0.39 is 0 Å². The molecule has 0 aliphatic heterocycles. The summed E-state index contributed by atoms with van der Waals surface area (Å²) in [4.78, 5) is 13.1. The molecule has 0 bridgehead atoms. The van der Waals surface area contributed by atoms with Crippen LogP contribution in [-0.2, 0) is 0 Å². The molecule has 18 heavy (non-hydrogen) atoms. The smallest absolute Gasteiger partial charge is 0.203 e. The maximum atomic E-state index is 12.3. The molecule has 0 amide bonds. The highest BCUT2D eigenvalue weighted by molar-refractivity contribution is 7.12. The van der Waals surface area contributed by atoms with Gasteiger partial charge in [0, 0.05) is 5.56 Å². The van der Waals surface area contributed by atoms with E-state index in [1.807, 2.05) is 18.4 Å². The van der Waals surface area contributed by atoms with Crippen LogP contribution < -0.4 is 9.47 Å². The Kier molecular flexibility index (Phi) is 3.67. The van der Waals surface area contributed by atoms with Gasteiger partial charge < -0.3 is 9.47 Å². The van der Waals surface area contributed by atoms with Crippen LogP contribution >= 0.6 is 11.3 Å². The van der Waals surface area contributed by atoms with E-state index in [0.717, 1.165) is 10.4 Å². The van der Waals surface area contributed by atoms with Crippen molar-refractivity contribution in [2.75, 3.05) is 14.2 Å². The monoisotopic (exact) mass is 262 g/mol. The molecule has 0 unspecified atom stereocenters. The molecule has 2 rings (SSSR count). The van der Waals surface area contributed by atoms with Gasteiger partial charge in [-0.1, -0.05) is 0 Å². The zero-order valence-electron chi connectivity index (χ0n) is 10.5. The molecule has 2 aromatic rings. The van der Waals surface area contributed by atoms with E-state index in [4.69, 9.17) is 9.47 Å². The third kappa shape index (κ3) is 2.24. The fourth-order valence-electron chi connectivity index (χ4n) is 1.71. The fraction of sp³-hybridized carbons (Fsp3) is 0.214. The molecule has 0 N–H and O–H groups in total. The molecule has 1 aromatic carbocycles. The van der Waals surface area contributed by atoms with Crippen molar-refractivity contribution in [3.05, 3.63) is 45.6 Å². The minimum absolute atomic E-state index is 0.0171. The number of thiophene rings is 1. The van der Waals surface area contributed by atoms with Crippen LogP contribution in [0.25, 0.3) is 0 Å². The third-order valence-electron chi connectivity index (χ3n) is 2.71. The minimum atomic E-state index is 0.0171. The lowest BCUT2D eigenvalue weighted by atomic mass is 10.1. The van der Waals surface area contributed by atoms with Crippen molar-refractivity contribution in [1.82, 2.24) is 0 Å². The SMILES string of the molecule is COc1ccc(C(=O)c2sccc2C)cc1OC. The highest BCUT2D eigenvalue weighted by Crippen LogP contribution is 2.29. The Bertz CT molecular complexity index is 572. The van der Waals surface area contributed by atoms with Crippen LogP contribution in [0, 0.1) is 6.92 Å². The number of hydrogen-bond donors (Lipinski definition) is 0. The second kappa shape index (κ2) is 5.23. The van der Waals surface area contributed by atoms with E-state index in [1.165, 1.54) is 11.3 Å². The maximum absolute atomic E-state index is 12.3. The molecule has 1 heterocycles. The number of methoxy groups -OCH3 is 2. The van der Waals surface area contributed by atoms with Gasteiger partial charge in [0.05, 0.1) is 19.1 Å². The van der Waals surface area contributed by atoms with Crippen LogP contribution in [-0.4, -0.2) is 20.0 Å². The number of benzene rings is 1. The van der Waals surface area contributed by atoms with Crippen molar-refractivity contribution < 1.29 is 14.3 Å². The highest BCUT2D eigenvalue weighted by atomic mass is 32.1. The van der Waals surface area contributed by atoms with Gasteiger partial charge >= 0.3 is 0 Å². The van der Waals surface area contributed by atoms with Crippen LogP contribution in [0.15, 0.2) is 29.6 Å². The Balaban J connectivity index is 2.40. The molecule has 94 valence electrons. The fourth-order valence-corrected chi connectivity index (χ4v) is 2.60. The van der Waals surface area contributed by atoms with Crippen LogP contribution in [0.1, 0.15) is 20.8 Å². The Morgan fingerprint density at radius 1 is 1.11 bits per heavy atom. The molecule has 0 saturated heterocycles. The largest absolute Gasteiger partial charge is 0.493 e. The lowest BCUT2D eigenvalue weighted by Gasteiger charge is -2.08. The van der Waals surface area contributed by atoms with Crippen molar-refractivity contribution in [3.8, 4) is 11.5 Å². The summed E-state index contributed by atoms with van der Waals surface area (Å²) < 4.78 is 10.4. The summed E-state index contributed by atoms with van der Waals surface area (Å²) in [6.45, 7) is 1.94. The van der Waals surface area contributed by atoms with Crippen LogP contribution in [0.4, 0.5) is 0 Å². The van der Waals surface area contributed by atoms with E-state index >= 15 is 0 Å². The van der Waals surface area contributed by atoms with Gasteiger partial charge in [0.25, 0.3) is 0 Å². The Morgan fingerprint density at radius 2 is 1.83 bits per heavy atom. The molecule has 0 aliphatic rings. The molecule has 4 heteroatoms. The highest BCUT2D eigenvalue weighted by Gasteiger charge is 2.15. The minimum Gasteiger partial charge on any atom is -0.493 e. The van der Waals surface area contributed by atoms with Gasteiger partial charge in [-0.25, -0.2) is 0 Å². The molecule has 0 radical (unpaired) electrons. The first kappa shape index (κ1) is 12.6. The quantitative estimate of drug-likeness (QED) is 0.793. The summed E-state index contributed by atoms with van der Waals surface area (Å²) in [7, 11) is 3.13. The molecule has 1 aromatic heterocycles. The normalized spacial score (nSPS) is 10.2. The van der Waals surface area contributed by atoms with E-state index in [9.17, 15) is 4.79 Å². The van der Waals surface area contributed by atoms with Crippen LogP contribution in [0.5, 0.6) is 11.5 Å². The van der Waals surface area contributed by atoms with Crippen molar-refractivity contribution in [1.29, 1.82) is 0 Å². The number of aryl methyl sites for hydroxylation is 1. The van der Waals surface area contributed by atoms with Gasteiger partial charge in [0.15, 0.2) is 11.5 Å². The summed E-state index contributed by atoms with van der Waals surface area (Å²) in [5.74, 6) is 1.21. The first-order chi connectivity index (χ1) is 8.67. The van der Waals surface area contributed by atoms with Gasteiger partial charge in [-0.2, -0.15) is 0 Å². The summed E-state index contributed by atoms with van der Waals surface area (Å²) in [5.41, 5.74) is 1.61. The first-order valence-electron chi connectivity index (χ1n) is 5.48. The van der Waals surface area contributed by atoms with Crippen molar-refractivity contribution in [2.24, 2.45) is 0 Å². The molecule has 3 nitrogen and oxygen atoms in total. The standard InChI is InChI=1S/C14H14O3S/c1-9-6-7-18-14(9)13(15)10-4-5-11(16-2)12(8-10)17-3/h4-8H,1-3H3. The Morgan fingerprint density at radius 3 is 2.39 bits per heavy atom. The van der Waals surface area contributed by atoms with Gasteiger partial charge in [0.2, 0.25) is 5.78 Å². The summed E-state index contributed by atoms with van der Waals surface area (Å²) in [6, 6.07) is 7.15. The van der Waals surface area contributed by atoms with Crippen LogP contribution in [0.2, 0.25) is 0 Å². The predicted octanol–water partition coefficient (Wildman–Crippen LogP) is 3.30. The molecular weight excluding hydrogens is 248 g/mol. The van der Waals surface area contributed by atoms with E-state index in [1.54, 1.807) is 32.4 Å². The predicted molar refractivity (Wildman–Crippen MR) is 72.0 cm³/mol. The zero-order chi connectivity index (χ0) is 13.1. The number of carbonyl (C=O) groups is 1. The molecule has 0 saturated carbocycles. The number of ketones is 1. The van der Waals surface area contributed by atoms with Crippen molar-refractivity contribution >= 4 is 17.1 Å². The average Bonchev–Trinajstić information content (AvgIpc) is 2.83. The first-order valence-corrected chi connectivity index (χ1v) is 6.36. The van der Waals surface area contributed by atoms with Gasteiger partial charge in [-0.15, -0.1) is 11.3 Å². The topological polar surface area (TPSA) is 35.5 Å². The summed E-state index contributed by atoms with van der Waals surface area (Å²) >= 11 is 1.45. The maximum Gasteiger partial charge on any atom is 0.203 e. The van der Waals surface area contributed by atoms with Gasteiger partial charge in [-0.05, 0) is 42.1 Å². The Hall–Kier alpha value is -1.81. The van der Waals surface area contributed by atoms with Gasteiger partial charge in [-0.3, -0.25) is 4.79 Å². The Labute approximate surface area is 110 Å². The summed E-state index contributed by atoms with van der Waals surface area (Å²) in [5, 5.41) is 1.92. The van der Waals surface area contributed by atoms with Crippen molar-refractivity contribution in [3.63, 3.8) is 0 Å². The number of hydrogen-bond acceptors (Lipinski definition) is 4. The number of rotatable bonds is 4. The van der Waals surface area contributed by atoms with Gasteiger partial charge in [0.1, 0.15) is 0 Å². The van der Waals surface area contributed by atoms with Crippen molar-refractivity contribution in [2.45, 2.75) is 6.92 Å². The molecule has 0 atom stereocenters. The molecule has 0 aliphatic carbocycles. The molecule has 0 spiro atoms. The van der Waals surface area contributed by atoms with E-state index in [2.05, 4.69) is 0 Å². The van der Waals surface area contributed by atoms with E-state index in [-0.39, 0.29) is 5.78 Å². The average molecular weight is 262 g/mol. The molecule has 0 fully saturated rings. The lowest BCUT2D eigenvalue weighted by Crippen LogP contribution is -2.01. The number of ether oxygens (including phenoxy) is 2. The van der Waals surface area contributed by atoms with E-state index in [0.29, 0.717) is 17.1 Å². The lowest BCUT2D eigenvalue weighted by molar-refractivity contribution is 0.104.